The highest BCUT2D eigenvalue weighted by atomic mass is 32.2. The standard InChI is InChI=1S/C15H16N4S/c1-2-12(16)11-7-3-4-8-13(11)20-15-18-17-14-9-5-6-10-19(14)15/h3-10,12H,2,16H2,1H3/t12-/m1/s1. The zero-order chi connectivity index (χ0) is 13.9. The van der Waals surface area contributed by atoms with Crippen molar-refractivity contribution in [2.75, 3.05) is 0 Å². The number of hydrogen-bond donors (Lipinski definition) is 1. The molecular formula is C15H16N4S. The lowest BCUT2D eigenvalue weighted by molar-refractivity contribution is 0.685. The van der Waals surface area contributed by atoms with E-state index in [1.807, 2.05) is 40.9 Å². The lowest BCUT2D eigenvalue weighted by Crippen LogP contribution is -2.09. The summed E-state index contributed by atoms with van der Waals surface area (Å²) in [6.45, 7) is 2.10. The van der Waals surface area contributed by atoms with Gasteiger partial charge in [0.15, 0.2) is 10.8 Å². The average Bonchev–Trinajstić information content (AvgIpc) is 2.90. The smallest absolute Gasteiger partial charge is 0.200 e. The van der Waals surface area contributed by atoms with Crippen molar-refractivity contribution < 1.29 is 0 Å². The number of fused-ring (bicyclic) bond motifs is 1. The van der Waals surface area contributed by atoms with Gasteiger partial charge in [-0.05, 0) is 41.9 Å². The molecule has 3 rings (SSSR count). The van der Waals surface area contributed by atoms with Gasteiger partial charge >= 0.3 is 0 Å². The van der Waals surface area contributed by atoms with Gasteiger partial charge in [-0.2, -0.15) is 0 Å². The number of benzene rings is 1. The van der Waals surface area contributed by atoms with Crippen molar-refractivity contribution in [3.05, 3.63) is 54.2 Å². The highest BCUT2D eigenvalue weighted by molar-refractivity contribution is 7.99. The van der Waals surface area contributed by atoms with E-state index >= 15 is 0 Å². The first kappa shape index (κ1) is 13.1. The summed E-state index contributed by atoms with van der Waals surface area (Å²) in [6, 6.07) is 14.1. The van der Waals surface area contributed by atoms with Crippen LogP contribution in [0.25, 0.3) is 5.65 Å². The normalized spacial score (nSPS) is 12.7. The first-order valence-corrected chi connectivity index (χ1v) is 7.43. The van der Waals surface area contributed by atoms with Crippen molar-refractivity contribution in [3.8, 4) is 0 Å². The molecule has 2 aromatic heterocycles. The highest BCUT2D eigenvalue weighted by Crippen LogP contribution is 2.32. The lowest BCUT2D eigenvalue weighted by Gasteiger charge is -2.13. The summed E-state index contributed by atoms with van der Waals surface area (Å²) in [6.07, 6.45) is 2.89. The summed E-state index contributed by atoms with van der Waals surface area (Å²) in [5.74, 6) is 0. The predicted molar refractivity (Wildman–Crippen MR) is 80.8 cm³/mol. The third-order valence-corrected chi connectivity index (χ3v) is 4.29. The first-order chi connectivity index (χ1) is 9.79. The molecule has 0 radical (unpaired) electrons. The molecule has 2 N–H and O–H groups in total. The molecule has 0 spiro atoms. The van der Waals surface area contributed by atoms with Crippen LogP contribution in [-0.4, -0.2) is 14.6 Å². The fourth-order valence-electron chi connectivity index (χ4n) is 2.09. The number of nitrogens with zero attached hydrogens (tertiary/aromatic N) is 3. The maximum Gasteiger partial charge on any atom is 0.200 e. The molecule has 5 heteroatoms. The molecule has 4 nitrogen and oxygen atoms in total. The van der Waals surface area contributed by atoms with Gasteiger partial charge in [0.1, 0.15) is 0 Å². The second-order valence-electron chi connectivity index (χ2n) is 4.57. The third-order valence-electron chi connectivity index (χ3n) is 3.24. The van der Waals surface area contributed by atoms with Crippen LogP contribution in [-0.2, 0) is 0 Å². The van der Waals surface area contributed by atoms with E-state index in [4.69, 9.17) is 5.73 Å². The SMILES string of the molecule is CC[C@@H](N)c1ccccc1Sc1nnc2ccccn12. The van der Waals surface area contributed by atoms with Crippen molar-refractivity contribution >= 4 is 17.4 Å². The van der Waals surface area contributed by atoms with Gasteiger partial charge in [0, 0.05) is 17.1 Å². The van der Waals surface area contributed by atoms with Gasteiger partial charge in [0.25, 0.3) is 0 Å². The summed E-state index contributed by atoms with van der Waals surface area (Å²) >= 11 is 1.60. The van der Waals surface area contributed by atoms with E-state index in [2.05, 4.69) is 29.3 Å². The van der Waals surface area contributed by atoms with Crippen molar-refractivity contribution in [1.29, 1.82) is 0 Å². The summed E-state index contributed by atoms with van der Waals surface area (Å²) < 4.78 is 1.99. The zero-order valence-corrected chi connectivity index (χ0v) is 12.0. The third kappa shape index (κ3) is 2.42. The average molecular weight is 284 g/mol. The van der Waals surface area contributed by atoms with Crippen LogP contribution in [0, 0.1) is 0 Å². The van der Waals surface area contributed by atoms with Gasteiger partial charge in [-0.1, -0.05) is 31.2 Å². The van der Waals surface area contributed by atoms with Crippen molar-refractivity contribution in [2.24, 2.45) is 5.73 Å². The van der Waals surface area contributed by atoms with E-state index in [1.165, 1.54) is 0 Å². The van der Waals surface area contributed by atoms with E-state index in [0.29, 0.717) is 0 Å². The summed E-state index contributed by atoms with van der Waals surface area (Å²) in [4.78, 5) is 1.14. The molecule has 0 aliphatic carbocycles. The number of nitrogens with two attached hydrogens (primary N) is 1. The Morgan fingerprint density at radius 1 is 1.15 bits per heavy atom. The monoisotopic (exact) mass is 284 g/mol. The Labute approximate surface area is 122 Å². The predicted octanol–water partition coefficient (Wildman–Crippen LogP) is 3.29. The molecule has 0 aliphatic heterocycles. The van der Waals surface area contributed by atoms with Crippen LogP contribution in [0.1, 0.15) is 24.9 Å². The van der Waals surface area contributed by atoms with Crippen molar-refractivity contribution in [3.63, 3.8) is 0 Å². The van der Waals surface area contributed by atoms with Crippen LogP contribution in [0.2, 0.25) is 0 Å². The van der Waals surface area contributed by atoms with Crippen molar-refractivity contribution in [2.45, 2.75) is 29.4 Å². The molecule has 0 saturated heterocycles. The zero-order valence-electron chi connectivity index (χ0n) is 11.2. The molecule has 0 saturated carbocycles. The van der Waals surface area contributed by atoms with Gasteiger partial charge in [-0.15, -0.1) is 10.2 Å². The molecule has 0 aliphatic rings. The molecule has 0 fully saturated rings. The molecule has 20 heavy (non-hydrogen) atoms. The molecule has 102 valence electrons. The molecule has 0 bridgehead atoms. The highest BCUT2D eigenvalue weighted by Gasteiger charge is 2.13. The minimum Gasteiger partial charge on any atom is -0.324 e. The second kappa shape index (κ2) is 5.64. The Balaban J connectivity index is 1.99. The molecule has 2 heterocycles. The van der Waals surface area contributed by atoms with Gasteiger partial charge in [0.2, 0.25) is 0 Å². The molecule has 0 unspecified atom stereocenters. The summed E-state index contributed by atoms with van der Waals surface area (Å²) in [5.41, 5.74) is 8.19. The van der Waals surface area contributed by atoms with E-state index in [9.17, 15) is 0 Å². The van der Waals surface area contributed by atoms with Gasteiger partial charge in [0.05, 0.1) is 0 Å². The molecular weight excluding hydrogens is 268 g/mol. The Morgan fingerprint density at radius 2 is 1.95 bits per heavy atom. The quantitative estimate of drug-likeness (QED) is 0.798. The Morgan fingerprint density at radius 3 is 2.80 bits per heavy atom. The van der Waals surface area contributed by atoms with Crippen LogP contribution in [0.5, 0.6) is 0 Å². The van der Waals surface area contributed by atoms with E-state index < -0.39 is 0 Å². The Kier molecular flexibility index (Phi) is 3.71. The number of pyridine rings is 1. The number of rotatable bonds is 4. The van der Waals surface area contributed by atoms with Crippen molar-refractivity contribution in [1.82, 2.24) is 14.6 Å². The maximum absolute atomic E-state index is 6.18. The van der Waals surface area contributed by atoms with Crippen LogP contribution < -0.4 is 5.73 Å². The molecule has 1 atom stereocenters. The minimum atomic E-state index is 0.0536. The van der Waals surface area contributed by atoms with Crippen LogP contribution in [0.15, 0.2) is 58.7 Å². The topological polar surface area (TPSA) is 56.2 Å². The largest absolute Gasteiger partial charge is 0.324 e. The Bertz CT molecular complexity index is 722. The summed E-state index contributed by atoms with van der Waals surface area (Å²) in [5, 5.41) is 9.28. The fraction of sp³-hybridized carbons (Fsp3) is 0.200. The second-order valence-corrected chi connectivity index (χ2v) is 5.58. The van der Waals surface area contributed by atoms with Crippen LogP contribution in [0.3, 0.4) is 0 Å². The van der Waals surface area contributed by atoms with E-state index in [0.717, 1.165) is 27.7 Å². The number of aromatic nitrogens is 3. The molecule has 3 aromatic rings. The van der Waals surface area contributed by atoms with Gasteiger partial charge < -0.3 is 5.73 Å². The minimum absolute atomic E-state index is 0.0536. The summed E-state index contributed by atoms with van der Waals surface area (Å²) in [7, 11) is 0. The van der Waals surface area contributed by atoms with E-state index in [1.54, 1.807) is 11.8 Å². The molecule has 0 amide bonds. The van der Waals surface area contributed by atoms with Gasteiger partial charge in [-0.3, -0.25) is 4.40 Å². The van der Waals surface area contributed by atoms with E-state index in [-0.39, 0.29) is 6.04 Å². The Hall–Kier alpha value is -1.85. The van der Waals surface area contributed by atoms with Gasteiger partial charge in [-0.25, -0.2) is 0 Å². The lowest BCUT2D eigenvalue weighted by atomic mass is 10.1. The first-order valence-electron chi connectivity index (χ1n) is 6.61. The maximum atomic E-state index is 6.18. The fourth-order valence-corrected chi connectivity index (χ4v) is 3.10. The number of hydrogen-bond acceptors (Lipinski definition) is 4. The molecule has 1 aromatic carbocycles. The van der Waals surface area contributed by atoms with Crippen LogP contribution >= 0.6 is 11.8 Å². The van der Waals surface area contributed by atoms with Crippen LogP contribution in [0.4, 0.5) is 0 Å².